The molecule has 0 saturated carbocycles. The highest BCUT2D eigenvalue weighted by atomic mass is 32.2. The van der Waals surface area contributed by atoms with Crippen LogP contribution in [0.3, 0.4) is 0 Å². The van der Waals surface area contributed by atoms with Gasteiger partial charge in [-0.15, -0.1) is 11.3 Å². The number of rotatable bonds is 6. The molecule has 7 nitrogen and oxygen atoms in total. The Morgan fingerprint density at radius 3 is 2.46 bits per heavy atom. The van der Waals surface area contributed by atoms with Gasteiger partial charge in [0.15, 0.2) is 9.84 Å². The molecule has 9 heteroatoms. The van der Waals surface area contributed by atoms with Crippen LogP contribution in [0.5, 0.6) is 0 Å². The first-order valence-electron chi connectivity index (χ1n) is 7.30. The molecule has 0 aliphatic heterocycles. The molecule has 130 valence electrons. The smallest absolute Gasteiger partial charge is 0.293 e. The predicted molar refractivity (Wildman–Crippen MR) is 94.4 cm³/mol. The molecule has 0 spiro atoms. The molecular weight excluding hydrogens is 350 g/mol. The van der Waals surface area contributed by atoms with Crippen LogP contribution in [0, 0.1) is 10.1 Å². The van der Waals surface area contributed by atoms with Crippen LogP contribution >= 0.6 is 11.3 Å². The second-order valence-corrected chi connectivity index (χ2v) is 8.74. The van der Waals surface area contributed by atoms with E-state index in [2.05, 4.69) is 24.1 Å². The second-order valence-electron chi connectivity index (χ2n) is 5.84. The first-order chi connectivity index (χ1) is 11.1. The number of benzene rings is 1. The Balaban J connectivity index is 2.32. The van der Waals surface area contributed by atoms with Crippen molar-refractivity contribution in [2.24, 2.45) is 0 Å². The Morgan fingerprint density at radius 2 is 1.96 bits per heavy atom. The number of nitrogens with one attached hydrogen (secondary N) is 1. The van der Waals surface area contributed by atoms with E-state index in [0.29, 0.717) is 5.92 Å². The van der Waals surface area contributed by atoms with Crippen molar-refractivity contribution in [3.05, 3.63) is 44.4 Å². The normalized spacial score (nSPS) is 13.0. The van der Waals surface area contributed by atoms with Gasteiger partial charge < -0.3 is 5.32 Å². The molecular formula is C15H19N3O4S2. The van der Waals surface area contributed by atoms with Crippen molar-refractivity contribution in [1.29, 1.82) is 0 Å². The molecule has 1 N–H and O–H groups in total. The third-order valence-electron chi connectivity index (χ3n) is 3.44. The molecule has 0 radical (unpaired) electrons. The number of sulfone groups is 1. The summed E-state index contributed by atoms with van der Waals surface area (Å²) < 4.78 is 23.2. The Kier molecular flexibility index (Phi) is 5.24. The minimum Gasteiger partial charge on any atom is -0.371 e. The Hall–Kier alpha value is -2.00. The molecule has 0 saturated heterocycles. The summed E-state index contributed by atoms with van der Waals surface area (Å²) >= 11 is 1.55. The van der Waals surface area contributed by atoms with Crippen molar-refractivity contribution in [2.75, 3.05) is 11.6 Å². The van der Waals surface area contributed by atoms with Crippen molar-refractivity contribution >= 4 is 32.5 Å². The number of nitrogens with zero attached hydrogens (tertiary/aromatic N) is 2. The number of hydrogen-bond acceptors (Lipinski definition) is 7. The molecule has 1 heterocycles. The molecule has 2 rings (SSSR count). The quantitative estimate of drug-likeness (QED) is 0.614. The lowest BCUT2D eigenvalue weighted by molar-refractivity contribution is -0.384. The lowest BCUT2D eigenvalue weighted by Crippen LogP contribution is -2.10. The summed E-state index contributed by atoms with van der Waals surface area (Å²) in [5.74, 6) is 0.319. The molecule has 0 aliphatic carbocycles. The first kappa shape index (κ1) is 18.3. The summed E-state index contributed by atoms with van der Waals surface area (Å²) in [7, 11) is -3.51. The summed E-state index contributed by atoms with van der Waals surface area (Å²) in [6.07, 6.45) is 1.02. The molecule has 1 aromatic heterocycles. The highest BCUT2D eigenvalue weighted by molar-refractivity contribution is 7.90. The number of hydrogen-bond donors (Lipinski definition) is 1. The van der Waals surface area contributed by atoms with Crippen LogP contribution in [0.2, 0.25) is 0 Å². The summed E-state index contributed by atoms with van der Waals surface area (Å²) in [5.41, 5.74) is 0.785. The summed E-state index contributed by atoms with van der Waals surface area (Å²) in [4.78, 5) is 15.1. The van der Waals surface area contributed by atoms with Crippen molar-refractivity contribution in [3.8, 4) is 0 Å². The lowest BCUT2D eigenvalue weighted by atomic mass is 10.2. The minimum atomic E-state index is -3.51. The van der Waals surface area contributed by atoms with Crippen LogP contribution < -0.4 is 5.32 Å². The lowest BCUT2D eigenvalue weighted by Gasteiger charge is -2.14. The Bertz CT molecular complexity index is 859. The fourth-order valence-electron chi connectivity index (χ4n) is 2.09. The van der Waals surface area contributed by atoms with Crippen LogP contribution in [-0.4, -0.2) is 24.6 Å². The number of nitro benzene ring substituents is 1. The number of nitro groups is 1. The second kappa shape index (κ2) is 6.86. The van der Waals surface area contributed by atoms with E-state index in [1.165, 1.54) is 12.1 Å². The summed E-state index contributed by atoms with van der Waals surface area (Å²) in [6.45, 7) is 5.96. The fourth-order valence-corrected chi connectivity index (χ4v) is 3.66. The zero-order valence-corrected chi connectivity index (χ0v) is 15.4. The van der Waals surface area contributed by atoms with Crippen LogP contribution in [0.15, 0.2) is 28.5 Å². The zero-order chi connectivity index (χ0) is 18.1. The Labute approximate surface area is 144 Å². The summed E-state index contributed by atoms with van der Waals surface area (Å²) in [5, 5.41) is 17.2. The predicted octanol–water partition coefficient (Wildman–Crippen LogP) is 3.75. The van der Waals surface area contributed by atoms with Gasteiger partial charge in [-0.25, -0.2) is 13.4 Å². The van der Waals surface area contributed by atoms with E-state index >= 15 is 0 Å². The van der Waals surface area contributed by atoms with E-state index in [0.717, 1.165) is 23.0 Å². The average molecular weight is 369 g/mol. The molecule has 1 aromatic carbocycles. The van der Waals surface area contributed by atoms with Gasteiger partial charge in [-0.1, -0.05) is 13.8 Å². The third-order valence-corrected chi connectivity index (χ3v) is 5.72. The third kappa shape index (κ3) is 4.09. The molecule has 0 amide bonds. The van der Waals surface area contributed by atoms with Crippen molar-refractivity contribution in [2.45, 2.75) is 37.6 Å². The largest absolute Gasteiger partial charge is 0.371 e. The fraction of sp³-hybridized carbons (Fsp3) is 0.400. The van der Waals surface area contributed by atoms with Crippen molar-refractivity contribution in [3.63, 3.8) is 0 Å². The molecule has 0 bridgehead atoms. The maximum atomic E-state index is 11.6. The van der Waals surface area contributed by atoms with Crippen molar-refractivity contribution in [1.82, 2.24) is 4.98 Å². The maximum Gasteiger partial charge on any atom is 0.293 e. The maximum absolute atomic E-state index is 11.6. The van der Waals surface area contributed by atoms with E-state index < -0.39 is 14.8 Å². The molecule has 1 unspecified atom stereocenters. The first-order valence-corrected chi connectivity index (χ1v) is 10.1. The van der Waals surface area contributed by atoms with Gasteiger partial charge in [-0.3, -0.25) is 10.1 Å². The standard InChI is InChI=1S/C15H19N3O4S2/c1-9(2)15-17-13(8-23-15)10(3)16-12-6-5-11(24(4,21)22)7-14(12)18(19)20/h5-10,16H,1-4H3. The topological polar surface area (TPSA) is 102 Å². The summed E-state index contributed by atoms with van der Waals surface area (Å²) in [6, 6.07) is 3.61. The number of aromatic nitrogens is 1. The van der Waals surface area contributed by atoms with E-state index in [9.17, 15) is 18.5 Å². The van der Waals surface area contributed by atoms with Gasteiger partial charge in [0.2, 0.25) is 0 Å². The molecule has 0 aliphatic rings. The van der Waals surface area contributed by atoms with Gasteiger partial charge in [0, 0.05) is 23.6 Å². The van der Waals surface area contributed by atoms with Crippen LogP contribution in [-0.2, 0) is 9.84 Å². The zero-order valence-electron chi connectivity index (χ0n) is 13.8. The van der Waals surface area contributed by atoms with Gasteiger partial charge in [-0.2, -0.15) is 0 Å². The van der Waals surface area contributed by atoms with Gasteiger partial charge in [0.1, 0.15) is 5.69 Å². The average Bonchev–Trinajstić information content (AvgIpc) is 2.96. The van der Waals surface area contributed by atoms with Gasteiger partial charge in [0.25, 0.3) is 5.69 Å². The van der Waals surface area contributed by atoms with Gasteiger partial charge in [-0.05, 0) is 19.1 Å². The van der Waals surface area contributed by atoms with Crippen LogP contribution in [0.25, 0.3) is 0 Å². The SMILES string of the molecule is CC(C)c1nc(C(C)Nc2ccc(S(C)(=O)=O)cc2[N+](=O)[O-])cs1. The number of anilines is 1. The minimum absolute atomic E-state index is 0.0804. The van der Waals surface area contributed by atoms with E-state index in [-0.39, 0.29) is 22.3 Å². The monoisotopic (exact) mass is 369 g/mol. The van der Waals surface area contributed by atoms with Crippen molar-refractivity contribution < 1.29 is 13.3 Å². The Morgan fingerprint density at radius 1 is 1.29 bits per heavy atom. The molecule has 0 fully saturated rings. The number of thiazole rings is 1. The van der Waals surface area contributed by atoms with Crippen LogP contribution in [0.4, 0.5) is 11.4 Å². The molecule has 24 heavy (non-hydrogen) atoms. The highest BCUT2D eigenvalue weighted by Gasteiger charge is 2.21. The van der Waals surface area contributed by atoms with E-state index in [1.54, 1.807) is 11.3 Å². The molecule has 2 aromatic rings. The van der Waals surface area contributed by atoms with Gasteiger partial charge >= 0.3 is 0 Å². The van der Waals surface area contributed by atoms with Gasteiger partial charge in [0.05, 0.1) is 26.6 Å². The van der Waals surface area contributed by atoms with E-state index in [1.807, 2.05) is 12.3 Å². The highest BCUT2D eigenvalue weighted by Crippen LogP contribution is 2.31. The molecule has 1 atom stereocenters. The van der Waals surface area contributed by atoms with E-state index in [4.69, 9.17) is 0 Å². The van der Waals surface area contributed by atoms with Crippen LogP contribution in [0.1, 0.15) is 43.4 Å².